The molecule has 8 heteroatoms. The van der Waals surface area contributed by atoms with Crippen molar-refractivity contribution in [3.63, 3.8) is 0 Å². The van der Waals surface area contributed by atoms with Crippen LogP contribution in [0.3, 0.4) is 0 Å². The highest BCUT2D eigenvalue weighted by Gasteiger charge is 2.32. The van der Waals surface area contributed by atoms with Gasteiger partial charge in [0.15, 0.2) is 18.1 Å². The van der Waals surface area contributed by atoms with Crippen LogP contribution in [0, 0.1) is 5.41 Å². The first kappa shape index (κ1) is 20.9. The van der Waals surface area contributed by atoms with Crippen LogP contribution >= 0.6 is 12.4 Å². The number of methoxy groups -OCH3 is 1. The van der Waals surface area contributed by atoms with Crippen molar-refractivity contribution >= 4 is 12.4 Å². The fraction of sp³-hybridized carbons (Fsp3) is 0.625. The molecule has 1 aliphatic heterocycles. The van der Waals surface area contributed by atoms with Crippen LogP contribution in [0.25, 0.3) is 0 Å². The summed E-state index contributed by atoms with van der Waals surface area (Å²) in [5, 5.41) is 0. The summed E-state index contributed by atoms with van der Waals surface area (Å²) in [6, 6.07) is 5.02. The molecule has 1 atom stereocenters. The van der Waals surface area contributed by atoms with Crippen molar-refractivity contribution in [3.05, 3.63) is 23.8 Å². The van der Waals surface area contributed by atoms with Crippen LogP contribution in [0.2, 0.25) is 0 Å². The average molecular weight is 369 g/mol. The number of rotatable bonds is 6. The quantitative estimate of drug-likeness (QED) is 0.837. The van der Waals surface area contributed by atoms with E-state index in [0.29, 0.717) is 18.8 Å². The highest BCUT2D eigenvalue weighted by molar-refractivity contribution is 5.85. The normalized spacial score (nSPS) is 21.4. The Hall–Kier alpha value is -1.18. The molecule has 1 unspecified atom stereocenters. The Labute approximate surface area is 146 Å². The minimum absolute atomic E-state index is 0. The molecule has 1 fully saturated rings. The van der Waals surface area contributed by atoms with E-state index < -0.39 is 12.8 Å². The Balaban J connectivity index is 0.00000288. The second-order valence-corrected chi connectivity index (χ2v) is 6.36. The fourth-order valence-electron chi connectivity index (χ4n) is 2.77. The molecule has 1 aromatic carbocycles. The molecule has 0 saturated carbocycles. The summed E-state index contributed by atoms with van der Waals surface area (Å²) in [5.41, 5.74) is 6.92. The summed E-state index contributed by atoms with van der Waals surface area (Å²) in [5.74, 6) is 0.411. The van der Waals surface area contributed by atoms with Gasteiger partial charge in [0.05, 0.1) is 7.11 Å². The second-order valence-electron chi connectivity index (χ2n) is 6.36. The standard InChI is InChI=1S/C16H23F3N2O2.ClH/c1-15(9-20)5-6-21(10-15)8-12-3-4-13(14(7-12)22-2)23-11-16(17,18)19;/h3-4,7H,5-6,8-11,20H2,1-2H3;1H. The van der Waals surface area contributed by atoms with Gasteiger partial charge in [-0.3, -0.25) is 4.90 Å². The third kappa shape index (κ3) is 5.72. The predicted octanol–water partition coefficient (Wildman–Crippen LogP) is 3.23. The lowest BCUT2D eigenvalue weighted by Crippen LogP contribution is -2.31. The Kier molecular flexibility index (Phi) is 7.19. The van der Waals surface area contributed by atoms with Crippen LogP contribution < -0.4 is 15.2 Å². The van der Waals surface area contributed by atoms with Gasteiger partial charge in [-0.2, -0.15) is 13.2 Å². The van der Waals surface area contributed by atoms with Gasteiger partial charge >= 0.3 is 6.18 Å². The van der Waals surface area contributed by atoms with E-state index in [1.807, 2.05) is 0 Å². The molecular weight excluding hydrogens is 345 g/mol. The highest BCUT2D eigenvalue weighted by Crippen LogP contribution is 2.33. The van der Waals surface area contributed by atoms with E-state index in [2.05, 4.69) is 11.8 Å². The van der Waals surface area contributed by atoms with Crippen molar-refractivity contribution in [3.8, 4) is 11.5 Å². The number of halogens is 4. The molecule has 1 heterocycles. The van der Waals surface area contributed by atoms with E-state index >= 15 is 0 Å². The van der Waals surface area contributed by atoms with E-state index in [0.717, 1.165) is 25.1 Å². The van der Waals surface area contributed by atoms with Gasteiger partial charge in [-0.15, -0.1) is 12.4 Å². The van der Waals surface area contributed by atoms with E-state index in [1.165, 1.54) is 13.2 Å². The monoisotopic (exact) mass is 368 g/mol. The maximum Gasteiger partial charge on any atom is 0.422 e. The Morgan fingerprint density at radius 1 is 1.29 bits per heavy atom. The molecule has 0 bridgehead atoms. The smallest absolute Gasteiger partial charge is 0.422 e. The van der Waals surface area contributed by atoms with Gasteiger partial charge in [-0.25, -0.2) is 0 Å². The molecular formula is C16H24ClF3N2O2. The molecule has 0 amide bonds. The largest absolute Gasteiger partial charge is 0.493 e. The molecule has 4 nitrogen and oxygen atoms in total. The van der Waals surface area contributed by atoms with Crippen LogP contribution in [0.5, 0.6) is 11.5 Å². The lowest BCUT2D eigenvalue weighted by Gasteiger charge is -2.23. The summed E-state index contributed by atoms with van der Waals surface area (Å²) in [6.07, 6.45) is -3.32. The first-order valence-electron chi connectivity index (χ1n) is 7.53. The van der Waals surface area contributed by atoms with E-state index in [4.69, 9.17) is 15.2 Å². The van der Waals surface area contributed by atoms with Gasteiger partial charge in [0.25, 0.3) is 0 Å². The minimum Gasteiger partial charge on any atom is -0.493 e. The highest BCUT2D eigenvalue weighted by atomic mass is 35.5. The van der Waals surface area contributed by atoms with Gasteiger partial charge in [-0.1, -0.05) is 13.0 Å². The molecule has 1 saturated heterocycles. The third-order valence-corrected chi connectivity index (χ3v) is 4.16. The zero-order valence-electron chi connectivity index (χ0n) is 13.9. The molecule has 0 aliphatic carbocycles. The van der Waals surface area contributed by atoms with E-state index in [9.17, 15) is 13.2 Å². The molecule has 0 spiro atoms. The third-order valence-electron chi connectivity index (χ3n) is 4.16. The number of nitrogens with zero attached hydrogens (tertiary/aromatic N) is 1. The molecule has 1 aromatic rings. The lowest BCUT2D eigenvalue weighted by atomic mass is 9.90. The second kappa shape index (κ2) is 8.27. The SMILES string of the molecule is COc1cc(CN2CCC(C)(CN)C2)ccc1OCC(F)(F)F.Cl. The van der Waals surface area contributed by atoms with Crippen LogP contribution in [-0.4, -0.2) is 44.4 Å². The minimum atomic E-state index is -4.37. The number of nitrogens with two attached hydrogens (primary N) is 1. The van der Waals surface area contributed by atoms with Crippen LogP contribution in [0.1, 0.15) is 18.9 Å². The average Bonchev–Trinajstić information content (AvgIpc) is 2.87. The zero-order chi connectivity index (χ0) is 17.1. The number of benzene rings is 1. The molecule has 0 aromatic heterocycles. The zero-order valence-corrected chi connectivity index (χ0v) is 14.7. The van der Waals surface area contributed by atoms with Crippen LogP contribution in [-0.2, 0) is 6.54 Å². The van der Waals surface area contributed by atoms with Crippen molar-refractivity contribution in [2.75, 3.05) is 33.4 Å². The van der Waals surface area contributed by atoms with E-state index in [1.54, 1.807) is 12.1 Å². The van der Waals surface area contributed by atoms with Crippen molar-refractivity contribution in [1.29, 1.82) is 0 Å². The molecule has 138 valence electrons. The summed E-state index contributed by atoms with van der Waals surface area (Å²) in [6.45, 7) is 4.08. The van der Waals surface area contributed by atoms with Crippen molar-refractivity contribution in [2.45, 2.75) is 26.1 Å². The van der Waals surface area contributed by atoms with Gasteiger partial charge in [-0.05, 0) is 42.6 Å². The van der Waals surface area contributed by atoms with E-state index in [-0.39, 0.29) is 23.6 Å². The van der Waals surface area contributed by atoms with Crippen molar-refractivity contribution in [1.82, 2.24) is 4.90 Å². The first-order valence-corrected chi connectivity index (χ1v) is 7.53. The number of alkyl halides is 3. The van der Waals surface area contributed by atoms with Crippen molar-refractivity contribution < 1.29 is 22.6 Å². The topological polar surface area (TPSA) is 47.7 Å². The first-order chi connectivity index (χ1) is 10.7. The molecule has 2 rings (SSSR count). The fourth-order valence-corrected chi connectivity index (χ4v) is 2.77. The maximum atomic E-state index is 12.3. The maximum absolute atomic E-state index is 12.3. The Bertz CT molecular complexity index is 543. The lowest BCUT2D eigenvalue weighted by molar-refractivity contribution is -0.153. The molecule has 2 N–H and O–H groups in total. The summed E-state index contributed by atoms with van der Waals surface area (Å²) in [7, 11) is 1.42. The summed E-state index contributed by atoms with van der Waals surface area (Å²) >= 11 is 0. The Morgan fingerprint density at radius 3 is 2.54 bits per heavy atom. The summed E-state index contributed by atoms with van der Waals surface area (Å²) < 4.78 is 46.7. The predicted molar refractivity (Wildman–Crippen MR) is 88.8 cm³/mol. The molecule has 24 heavy (non-hydrogen) atoms. The molecule has 0 radical (unpaired) electrons. The number of likely N-dealkylation sites (tertiary alicyclic amines) is 1. The van der Waals surface area contributed by atoms with Crippen molar-refractivity contribution in [2.24, 2.45) is 11.1 Å². The Morgan fingerprint density at radius 2 is 2.00 bits per heavy atom. The van der Waals surface area contributed by atoms with Crippen LogP contribution in [0.15, 0.2) is 18.2 Å². The van der Waals surface area contributed by atoms with Crippen LogP contribution in [0.4, 0.5) is 13.2 Å². The summed E-state index contributed by atoms with van der Waals surface area (Å²) in [4.78, 5) is 2.29. The van der Waals surface area contributed by atoms with Gasteiger partial charge in [0.2, 0.25) is 0 Å². The number of hydrogen-bond acceptors (Lipinski definition) is 4. The van der Waals surface area contributed by atoms with Gasteiger partial charge in [0, 0.05) is 13.1 Å². The molecule has 1 aliphatic rings. The number of hydrogen-bond donors (Lipinski definition) is 1. The number of ether oxygens (including phenoxy) is 2. The van der Waals surface area contributed by atoms with Gasteiger partial charge < -0.3 is 15.2 Å². The van der Waals surface area contributed by atoms with Gasteiger partial charge in [0.1, 0.15) is 0 Å².